The van der Waals surface area contributed by atoms with E-state index in [0.29, 0.717) is 17.6 Å². The van der Waals surface area contributed by atoms with Crippen molar-refractivity contribution in [2.45, 2.75) is 47.0 Å². The summed E-state index contributed by atoms with van der Waals surface area (Å²) in [6.07, 6.45) is 5.33. The van der Waals surface area contributed by atoms with Gasteiger partial charge in [0.2, 0.25) is 0 Å². The topological polar surface area (TPSA) is 17.1 Å². The molecule has 16 heavy (non-hydrogen) atoms. The maximum absolute atomic E-state index is 11.7. The fourth-order valence-corrected chi connectivity index (χ4v) is 3.70. The summed E-state index contributed by atoms with van der Waals surface area (Å²) < 4.78 is 0. The monoisotopic (exact) mass is 220 g/mol. The van der Waals surface area contributed by atoms with Crippen LogP contribution in [-0.4, -0.2) is 5.78 Å². The van der Waals surface area contributed by atoms with Crippen LogP contribution < -0.4 is 0 Å². The SMILES string of the molecule is CC1=CC(=O)C[C@@H](C)[C@H]2C[C@H](C(C)C)C[C@H]12. The van der Waals surface area contributed by atoms with Crippen molar-refractivity contribution in [2.24, 2.45) is 29.6 Å². The largest absolute Gasteiger partial charge is 0.295 e. The minimum Gasteiger partial charge on any atom is -0.295 e. The fraction of sp³-hybridized carbons (Fsp3) is 0.800. The second-order valence-corrected chi connectivity index (χ2v) is 6.28. The van der Waals surface area contributed by atoms with Crippen LogP contribution in [0.5, 0.6) is 0 Å². The van der Waals surface area contributed by atoms with E-state index < -0.39 is 0 Å². The molecule has 2 rings (SSSR count). The quantitative estimate of drug-likeness (QED) is 0.656. The summed E-state index contributed by atoms with van der Waals surface area (Å²) in [5.74, 6) is 4.04. The summed E-state index contributed by atoms with van der Waals surface area (Å²) in [5, 5.41) is 0. The molecule has 90 valence electrons. The van der Waals surface area contributed by atoms with Crippen molar-refractivity contribution in [2.75, 3.05) is 0 Å². The van der Waals surface area contributed by atoms with E-state index in [1.165, 1.54) is 18.4 Å². The maximum Gasteiger partial charge on any atom is 0.155 e. The van der Waals surface area contributed by atoms with Crippen molar-refractivity contribution in [3.05, 3.63) is 11.6 Å². The first-order valence-electron chi connectivity index (χ1n) is 6.70. The summed E-state index contributed by atoms with van der Waals surface area (Å²) in [4.78, 5) is 11.7. The zero-order valence-corrected chi connectivity index (χ0v) is 11.0. The second-order valence-electron chi connectivity index (χ2n) is 6.28. The lowest BCUT2D eigenvalue weighted by Crippen LogP contribution is -2.16. The number of rotatable bonds is 1. The molecule has 0 unspecified atom stereocenters. The second kappa shape index (κ2) is 4.35. The van der Waals surface area contributed by atoms with Crippen LogP contribution in [0.15, 0.2) is 11.6 Å². The van der Waals surface area contributed by atoms with E-state index in [2.05, 4.69) is 27.7 Å². The predicted octanol–water partition coefficient (Wildman–Crippen LogP) is 3.84. The van der Waals surface area contributed by atoms with Crippen molar-refractivity contribution in [3.8, 4) is 0 Å². The molecule has 1 heteroatoms. The summed E-state index contributed by atoms with van der Waals surface area (Å²) in [6, 6.07) is 0. The molecule has 0 N–H and O–H groups in total. The molecule has 1 saturated carbocycles. The molecule has 0 aromatic heterocycles. The number of carbonyl (C=O) groups excluding carboxylic acids is 1. The van der Waals surface area contributed by atoms with E-state index in [9.17, 15) is 4.79 Å². The van der Waals surface area contributed by atoms with E-state index >= 15 is 0 Å². The molecule has 2 aliphatic carbocycles. The Morgan fingerprint density at radius 2 is 2.00 bits per heavy atom. The Morgan fingerprint density at radius 1 is 1.31 bits per heavy atom. The molecule has 0 spiro atoms. The number of hydrogen-bond donors (Lipinski definition) is 0. The summed E-state index contributed by atoms with van der Waals surface area (Å²) >= 11 is 0. The number of ketones is 1. The number of allylic oxidation sites excluding steroid dienone is 2. The maximum atomic E-state index is 11.7. The van der Waals surface area contributed by atoms with Gasteiger partial charge in [-0.25, -0.2) is 0 Å². The normalized spacial score (nSPS) is 39.6. The van der Waals surface area contributed by atoms with Gasteiger partial charge in [0.05, 0.1) is 0 Å². The van der Waals surface area contributed by atoms with Crippen molar-refractivity contribution < 1.29 is 4.79 Å². The van der Waals surface area contributed by atoms with Gasteiger partial charge in [-0.3, -0.25) is 4.79 Å². The molecular weight excluding hydrogens is 196 g/mol. The first-order valence-corrected chi connectivity index (χ1v) is 6.70. The van der Waals surface area contributed by atoms with Gasteiger partial charge in [-0.05, 0) is 55.4 Å². The van der Waals surface area contributed by atoms with Crippen LogP contribution in [0.2, 0.25) is 0 Å². The van der Waals surface area contributed by atoms with Crippen molar-refractivity contribution in [3.63, 3.8) is 0 Å². The van der Waals surface area contributed by atoms with Gasteiger partial charge in [-0.1, -0.05) is 26.3 Å². The van der Waals surface area contributed by atoms with E-state index in [1.807, 2.05) is 6.08 Å². The van der Waals surface area contributed by atoms with Gasteiger partial charge in [0.25, 0.3) is 0 Å². The lowest BCUT2D eigenvalue weighted by molar-refractivity contribution is -0.115. The van der Waals surface area contributed by atoms with Crippen molar-refractivity contribution >= 4 is 5.78 Å². The average Bonchev–Trinajstić information content (AvgIpc) is 2.57. The van der Waals surface area contributed by atoms with E-state index in [-0.39, 0.29) is 0 Å². The lowest BCUT2D eigenvalue weighted by atomic mass is 9.82. The van der Waals surface area contributed by atoms with Gasteiger partial charge >= 0.3 is 0 Å². The predicted molar refractivity (Wildman–Crippen MR) is 67.1 cm³/mol. The molecule has 0 radical (unpaired) electrons. The highest BCUT2D eigenvalue weighted by atomic mass is 16.1. The summed E-state index contributed by atoms with van der Waals surface area (Å²) in [6.45, 7) is 9.11. The first-order chi connectivity index (χ1) is 7.49. The van der Waals surface area contributed by atoms with Crippen LogP contribution in [0.3, 0.4) is 0 Å². The summed E-state index contributed by atoms with van der Waals surface area (Å²) in [5.41, 5.74) is 1.35. The molecule has 0 aliphatic heterocycles. The Labute approximate surface area is 99.3 Å². The van der Waals surface area contributed by atoms with Crippen LogP contribution in [0.25, 0.3) is 0 Å². The Kier molecular flexibility index (Phi) is 3.23. The minimum absolute atomic E-state index is 0.348. The van der Waals surface area contributed by atoms with Crippen LogP contribution in [0, 0.1) is 29.6 Å². The Bertz CT molecular complexity index is 313. The highest BCUT2D eigenvalue weighted by Gasteiger charge is 2.40. The van der Waals surface area contributed by atoms with Gasteiger partial charge in [0, 0.05) is 6.42 Å². The molecule has 4 atom stereocenters. The van der Waals surface area contributed by atoms with Crippen LogP contribution >= 0.6 is 0 Å². The van der Waals surface area contributed by atoms with E-state index in [4.69, 9.17) is 0 Å². The number of hydrogen-bond acceptors (Lipinski definition) is 1. The van der Waals surface area contributed by atoms with Gasteiger partial charge in [-0.2, -0.15) is 0 Å². The number of fused-ring (bicyclic) bond motifs is 1. The number of carbonyl (C=O) groups is 1. The van der Waals surface area contributed by atoms with E-state index in [1.54, 1.807) is 0 Å². The Balaban J connectivity index is 2.21. The van der Waals surface area contributed by atoms with Crippen LogP contribution in [0.1, 0.15) is 47.0 Å². The van der Waals surface area contributed by atoms with Gasteiger partial charge in [0.15, 0.2) is 5.78 Å². The Hall–Kier alpha value is -0.590. The van der Waals surface area contributed by atoms with Crippen molar-refractivity contribution in [1.29, 1.82) is 0 Å². The minimum atomic E-state index is 0.348. The van der Waals surface area contributed by atoms with E-state index in [0.717, 1.165) is 24.2 Å². The van der Waals surface area contributed by atoms with Crippen LogP contribution in [0.4, 0.5) is 0 Å². The molecule has 0 saturated heterocycles. The molecule has 1 nitrogen and oxygen atoms in total. The zero-order valence-electron chi connectivity index (χ0n) is 11.0. The Morgan fingerprint density at radius 3 is 2.62 bits per heavy atom. The molecule has 0 bridgehead atoms. The highest BCUT2D eigenvalue weighted by molar-refractivity contribution is 5.90. The lowest BCUT2D eigenvalue weighted by Gasteiger charge is -2.23. The smallest absolute Gasteiger partial charge is 0.155 e. The van der Waals surface area contributed by atoms with Crippen LogP contribution in [-0.2, 0) is 4.79 Å². The fourth-order valence-electron chi connectivity index (χ4n) is 3.70. The third-order valence-electron chi connectivity index (χ3n) is 4.82. The van der Waals surface area contributed by atoms with Crippen molar-refractivity contribution in [1.82, 2.24) is 0 Å². The molecule has 0 aromatic carbocycles. The molecule has 1 fully saturated rings. The standard InChI is InChI=1S/C15H24O/c1-9(2)12-7-14-10(3)5-13(16)6-11(4)15(14)8-12/h5,9,11-12,14-15H,6-8H2,1-4H3/t11-,12-,14-,15-/m1/s1. The van der Waals surface area contributed by atoms with Gasteiger partial charge < -0.3 is 0 Å². The molecule has 0 amide bonds. The molecule has 2 aliphatic rings. The van der Waals surface area contributed by atoms with Gasteiger partial charge in [0.1, 0.15) is 0 Å². The molecular formula is C15H24O. The first kappa shape index (κ1) is 11.9. The van der Waals surface area contributed by atoms with Gasteiger partial charge in [-0.15, -0.1) is 0 Å². The summed E-state index contributed by atoms with van der Waals surface area (Å²) in [7, 11) is 0. The molecule has 0 aromatic rings. The highest BCUT2D eigenvalue weighted by Crippen LogP contribution is 2.48. The third-order valence-corrected chi connectivity index (χ3v) is 4.82. The molecule has 0 heterocycles. The average molecular weight is 220 g/mol. The third kappa shape index (κ3) is 2.09. The zero-order chi connectivity index (χ0) is 11.9.